The van der Waals surface area contributed by atoms with Crippen LogP contribution in [0.4, 0.5) is 5.82 Å². The second-order valence-electron chi connectivity index (χ2n) is 6.83. The molecule has 0 radical (unpaired) electrons. The van der Waals surface area contributed by atoms with Crippen LogP contribution in [0.3, 0.4) is 0 Å². The summed E-state index contributed by atoms with van der Waals surface area (Å²) in [7, 11) is -1.55. The molecule has 4 aromatic rings. The molecule has 140 valence electrons. The van der Waals surface area contributed by atoms with E-state index >= 15 is 0 Å². The van der Waals surface area contributed by atoms with Crippen molar-refractivity contribution < 1.29 is 10.0 Å². The molecule has 0 atom stereocenters. The standard InChI is InChI=1S/C21H21BN4O2/c1-13-11-18(23-12-15-7-4-3-5-8-15)26-21(24-13)19-14(2)25-20-16(19)9-6-10-17(20)22(27)28/h3-11,25,27-28H,12H2,1-2H3,(H,23,24,26). The number of fused-ring (bicyclic) bond motifs is 1. The van der Waals surface area contributed by atoms with E-state index in [0.29, 0.717) is 23.3 Å². The molecule has 6 nitrogen and oxygen atoms in total. The van der Waals surface area contributed by atoms with Gasteiger partial charge in [-0.3, -0.25) is 0 Å². The number of hydrogen-bond donors (Lipinski definition) is 4. The van der Waals surface area contributed by atoms with Gasteiger partial charge in [0.25, 0.3) is 0 Å². The van der Waals surface area contributed by atoms with Crippen LogP contribution in [0.1, 0.15) is 17.0 Å². The van der Waals surface area contributed by atoms with Crippen LogP contribution in [-0.4, -0.2) is 32.1 Å². The smallest absolute Gasteiger partial charge is 0.423 e. The number of anilines is 1. The highest BCUT2D eigenvalue weighted by Crippen LogP contribution is 2.30. The molecule has 0 saturated carbocycles. The second kappa shape index (κ2) is 7.46. The van der Waals surface area contributed by atoms with Crippen LogP contribution in [0, 0.1) is 13.8 Å². The van der Waals surface area contributed by atoms with Crippen LogP contribution >= 0.6 is 0 Å². The summed E-state index contributed by atoms with van der Waals surface area (Å²) in [6.07, 6.45) is 0. The van der Waals surface area contributed by atoms with Crippen LogP contribution in [0.15, 0.2) is 54.6 Å². The maximum absolute atomic E-state index is 9.65. The fraction of sp³-hybridized carbons (Fsp3) is 0.143. The Morgan fingerprint density at radius 2 is 1.79 bits per heavy atom. The number of para-hydroxylation sites is 1. The highest BCUT2D eigenvalue weighted by molar-refractivity contribution is 6.61. The van der Waals surface area contributed by atoms with Crippen LogP contribution in [-0.2, 0) is 6.54 Å². The number of aryl methyl sites for hydroxylation is 2. The lowest BCUT2D eigenvalue weighted by atomic mass is 9.79. The maximum Gasteiger partial charge on any atom is 0.490 e. The Morgan fingerprint density at radius 3 is 2.54 bits per heavy atom. The predicted molar refractivity (Wildman–Crippen MR) is 112 cm³/mol. The van der Waals surface area contributed by atoms with E-state index in [1.807, 2.05) is 44.2 Å². The van der Waals surface area contributed by atoms with Gasteiger partial charge in [0.1, 0.15) is 5.82 Å². The molecular weight excluding hydrogens is 351 g/mol. The van der Waals surface area contributed by atoms with E-state index in [1.54, 1.807) is 12.1 Å². The first-order chi connectivity index (χ1) is 13.5. The first kappa shape index (κ1) is 18.2. The van der Waals surface area contributed by atoms with Gasteiger partial charge in [0, 0.05) is 45.9 Å². The molecule has 2 aromatic carbocycles. The van der Waals surface area contributed by atoms with Crippen LogP contribution < -0.4 is 10.8 Å². The van der Waals surface area contributed by atoms with E-state index in [4.69, 9.17) is 4.98 Å². The average molecular weight is 372 g/mol. The van der Waals surface area contributed by atoms with Crippen molar-refractivity contribution in [2.45, 2.75) is 20.4 Å². The SMILES string of the molecule is Cc1cc(NCc2ccccc2)nc(-c2c(C)[nH]c3c(B(O)O)cccc23)n1. The predicted octanol–water partition coefficient (Wildman–Crippen LogP) is 2.53. The third kappa shape index (κ3) is 3.50. The van der Waals surface area contributed by atoms with E-state index in [1.165, 1.54) is 5.56 Å². The topological polar surface area (TPSA) is 94.1 Å². The van der Waals surface area contributed by atoms with E-state index in [-0.39, 0.29) is 0 Å². The molecule has 28 heavy (non-hydrogen) atoms. The Balaban J connectivity index is 1.74. The summed E-state index contributed by atoms with van der Waals surface area (Å²) < 4.78 is 0. The van der Waals surface area contributed by atoms with Gasteiger partial charge in [-0.2, -0.15) is 0 Å². The fourth-order valence-corrected chi connectivity index (χ4v) is 3.43. The summed E-state index contributed by atoms with van der Waals surface area (Å²) in [5.74, 6) is 1.35. The number of benzene rings is 2. The maximum atomic E-state index is 9.65. The Bertz CT molecular complexity index is 1130. The Hall–Kier alpha value is -3.16. The summed E-state index contributed by atoms with van der Waals surface area (Å²) in [4.78, 5) is 12.6. The minimum Gasteiger partial charge on any atom is -0.423 e. The number of nitrogens with zero attached hydrogens (tertiary/aromatic N) is 2. The monoisotopic (exact) mass is 372 g/mol. The minimum absolute atomic E-state index is 0.432. The Labute approximate surface area is 163 Å². The molecule has 0 amide bonds. The molecule has 0 fully saturated rings. The molecule has 0 unspecified atom stereocenters. The number of hydrogen-bond acceptors (Lipinski definition) is 5. The fourth-order valence-electron chi connectivity index (χ4n) is 3.43. The van der Waals surface area contributed by atoms with Crippen molar-refractivity contribution in [1.29, 1.82) is 0 Å². The largest absolute Gasteiger partial charge is 0.490 e. The summed E-state index contributed by atoms with van der Waals surface area (Å²) in [6, 6.07) is 17.5. The van der Waals surface area contributed by atoms with Crippen molar-refractivity contribution in [1.82, 2.24) is 15.0 Å². The molecule has 4 rings (SSSR count). The van der Waals surface area contributed by atoms with E-state index in [0.717, 1.165) is 28.2 Å². The normalized spacial score (nSPS) is 11.0. The summed E-state index contributed by atoms with van der Waals surface area (Å²) in [5.41, 5.74) is 4.89. The molecule has 0 aliphatic rings. The van der Waals surface area contributed by atoms with Crippen molar-refractivity contribution in [3.05, 3.63) is 71.5 Å². The molecule has 0 aliphatic heterocycles. The first-order valence-electron chi connectivity index (χ1n) is 9.14. The highest BCUT2D eigenvalue weighted by atomic mass is 16.4. The average Bonchev–Trinajstić information content (AvgIpc) is 3.02. The van der Waals surface area contributed by atoms with Gasteiger partial charge in [0.2, 0.25) is 0 Å². The van der Waals surface area contributed by atoms with Crippen molar-refractivity contribution in [2.24, 2.45) is 0 Å². The Morgan fingerprint density at radius 1 is 1.00 bits per heavy atom. The number of aromatic amines is 1. The van der Waals surface area contributed by atoms with Crippen molar-refractivity contribution in [3.8, 4) is 11.4 Å². The van der Waals surface area contributed by atoms with Crippen LogP contribution in [0.25, 0.3) is 22.3 Å². The summed E-state index contributed by atoms with van der Waals surface area (Å²) >= 11 is 0. The molecule has 2 heterocycles. The molecular formula is C21H21BN4O2. The molecule has 0 bridgehead atoms. The number of rotatable bonds is 5. The van der Waals surface area contributed by atoms with E-state index < -0.39 is 7.12 Å². The van der Waals surface area contributed by atoms with Gasteiger partial charge in [-0.1, -0.05) is 48.5 Å². The number of H-pyrrole nitrogens is 1. The van der Waals surface area contributed by atoms with Gasteiger partial charge in [-0.05, 0) is 19.4 Å². The number of aromatic nitrogens is 3. The van der Waals surface area contributed by atoms with Crippen LogP contribution in [0.2, 0.25) is 0 Å². The summed E-state index contributed by atoms with van der Waals surface area (Å²) in [5, 5.41) is 23.5. The lowest BCUT2D eigenvalue weighted by molar-refractivity contribution is 0.426. The van der Waals surface area contributed by atoms with Gasteiger partial charge in [-0.25, -0.2) is 9.97 Å². The second-order valence-corrected chi connectivity index (χ2v) is 6.83. The van der Waals surface area contributed by atoms with Crippen molar-refractivity contribution >= 4 is 29.3 Å². The number of nitrogens with one attached hydrogen (secondary N) is 2. The summed E-state index contributed by atoms with van der Waals surface area (Å²) in [6.45, 7) is 4.54. The molecule has 0 aliphatic carbocycles. The molecule has 4 N–H and O–H groups in total. The molecule has 2 aromatic heterocycles. The van der Waals surface area contributed by atoms with Gasteiger partial charge >= 0.3 is 7.12 Å². The van der Waals surface area contributed by atoms with E-state index in [2.05, 4.69) is 27.4 Å². The van der Waals surface area contributed by atoms with E-state index in [9.17, 15) is 10.0 Å². The van der Waals surface area contributed by atoms with Gasteiger partial charge in [0.15, 0.2) is 5.82 Å². The Kier molecular flexibility index (Phi) is 4.85. The molecule has 0 saturated heterocycles. The molecule has 7 heteroatoms. The zero-order valence-electron chi connectivity index (χ0n) is 15.8. The van der Waals surface area contributed by atoms with Gasteiger partial charge in [0.05, 0.1) is 0 Å². The lowest BCUT2D eigenvalue weighted by Gasteiger charge is -2.09. The molecule has 0 spiro atoms. The third-order valence-electron chi connectivity index (χ3n) is 4.73. The zero-order valence-corrected chi connectivity index (χ0v) is 15.8. The zero-order chi connectivity index (χ0) is 19.7. The van der Waals surface area contributed by atoms with Gasteiger partial charge in [-0.15, -0.1) is 0 Å². The van der Waals surface area contributed by atoms with Crippen molar-refractivity contribution in [3.63, 3.8) is 0 Å². The van der Waals surface area contributed by atoms with Gasteiger partial charge < -0.3 is 20.3 Å². The highest BCUT2D eigenvalue weighted by Gasteiger charge is 2.20. The van der Waals surface area contributed by atoms with Crippen molar-refractivity contribution in [2.75, 3.05) is 5.32 Å². The third-order valence-corrected chi connectivity index (χ3v) is 4.73. The first-order valence-corrected chi connectivity index (χ1v) is 9.14. The lowest BCUT2D eigenvalue weighted by Crippen LogP contribution is -2.30. The van der Waals surface area contributed by atoms with Crippen LogP contribution in [0.5, 0.6) is 0 Å². The minimum atomic E-state index is -1.55. The quantitative estimate of drug-likeness (QED) is 0.404.